The van der Waals surface area contributed by atoms with Gasteiger partial charge in [0.25, 0.3) is 0 Å². The summed E-state index contributed by atoms with van der Waals surface area (Å²) < 4.78 is 8.23. The Labute approximate surface area is 170 Å². The first kappa shape index (κ1) is 19.7. The monoisotopic (exact) mass is 448 g/mol. The van der Waals surface area contributed by atoms with Crippen LogP contribution in [-0.4, -0.2) is 26.4 Å². The van der Waals surface area contributed by atoms with E-state index in [2.05, 4.69) is 45.3 Å². The molecule has 0 saturated carbocycles. The van der Waals surface area contributed by atoms with Crippen LogP contribution in [0, 0.1) is 0 Å². The zero-order valence-electron chi connectivity index (χ0n) is 15.2. The third-order valence-electron chi connectivity index (χ3n) is 3.94. The summed E-state index contributed by atoms with van der Waals surface area (Å²) in [6, 6.07) is 11.6. The minimum Gasteiger partial charge on any atom is -0.446 e. The minimum absolute atomic E-state index is 0.0717. The van der Waals surface area contributed by atoms with Gasteiger partial charge in [0, 0.05) is 12.2 Å². The Hall–Kier alpha value is -2.06. The fraction of sp³-hybridized carbons (Fsp3) is 0.316. The van der Waals surface area contributed by atoms with Gasteiger partial charge in [-0.05, 0) is 58.6 Å². The highest BCUT2D eigenvalue weighted by atomic mass is 79.9. The maximum Gasteiger partial charge on any atom is 0.234 e. The van der Waals surface area contributed by atoms with Gasteiger partial charge < -0.3 is 9.73 Å². The second-order valence-electron chi connectivity index (χ2n) is 5.95. The summed E-state index contributed by atoms with van der Waals surface area (Å²) >= 11 is 4.68. The molecule has 0 saturated heterocycles. The number of nitrogens with zero attached hydrogens (tertiary/aromatic N) is 3. The van der Waals surface area contributed by atoms with Gasteiger partial charge in [-0.3, -0.25) is 9.36 Å². The maximum atomic E-state index is 12.3. The third-order valence-corrected chi connectivity index (χ3v) is 5.33. The van der Waals surface area contributed by atoms with Crippen molar-refractivity contribution in [3.05, 3.63) is 46.6 Å². The Kier molecular flexibility index (Phi) is 6.73. The van der Waals surface area contributed by atoms with Crippen molar-refractivity contribution in [2.24, 2.45) is 0 Å². The number of halogens is 1. The molecule has 3 aromatic rings. The molecule has 0 atom stereocenters. The molecule has 6 nitrogen and oxygen atoms in total. The van der Waals surface area contributed by atoms with E-state index in [1.807, 2.05) is 41.0 Å². The van der Waals surface area contributed by atoms with Gasteiger partial charge in [0.15, 0.2) is 15.6 Å². The van der Waals surface area contributed by atoms with Gasteiger partial charge in [-0.1, -0.05) is 37.7 Å². The Bertz CT molecular complexity index is 905. The summed E-state index contributed by atoms with van der Waals surface area (Å²) in [4.78, 5) is 12.3. The molecule has 0 aliphatic heterocycles. The molecular weight excluding hydrogens is 428 g/mol. The molecule has 0 bridgehead atoms. The van der Waals surface area contributed by atoms with E-state index in [9.17, 15) is 4.79 Å². The van der Waals surface area contributed by atoms with Crippen molar-refractivity contribution in [1.82, 2.24) is 14.8 Å². The lowest BCUT2D eigenvalue weighted by Crippen LogP contribution is -2.14. The van der Waals surface area contributed by atoms with E-state index in [-0.39, 0.29) is 11.7 Å². The van der Waals surface area contributed by atoms with Crippen LogP contribution in [0.4, 0.5) is 5.69 Å². The number of rotatable bonds is 8. The average Bonchev–Trinajstić information content (AvgIpc) is 3.27. The molecule has 0 fully saturated rings. The number of hydrogen-bond donors (Lipinski definition) is 1. The molecule has 2 aromatic heterocycles. The number of carbonyl (C=O) groups is 1. The molecule has 1 aromatic carbocycles. The standard InChI is InChI=1S/C19H21BrN4O2S/c1-3-11-24-18(15-9-10-16(20)26-15)22-23-19(24)27-12-17(25)21-14-7-5-13(4-2)6-8-14/h5-10H,3-4,11-12H2,1-2H3,(H,21,25). The van der Waals surface area contributed by atoms with E-state index in [0.29, 0.717) is 21.4 Å². The highest BCUT2D eigenvalue weighted by molar-refractivity contribution is 9.10. The van der Waals surface area contributed by atoms with Gasteiger partial charge >= 0.3 is 0 Å². The average molecular weight is 449 g/mol. The predicted octanol–water partition coefficient (Wildman–Crippen LogP) is 5.00. The van der Waals surface area contributed by atoms with Crippen LogP contribution in [0.5, 0.6) is 0 Å². The fourth-order valence-electron chi connectivity index (χ4n) is 2.59. The summed E-state index contributed by atoms with van der Waals surface area (Å²) in [7, 11) is 0. The van der Waals surface area contributed by atoms with Crippen molar-refractivity contribution >= 4 is 39.3 Å². The molecule has 0 radical (unpaired) electrons. The Morgan fingerprint density at radius 2 is 1.96 bits per heavy atom. The van der Waals surface area contributed by atoms with Crippen LogP contribution < -0.4 is 5.32 Å². The van der Waals surface area contributed by atoms with Crippen molar-refractivity contribution in [3.63, 3.8) is 0 Å². The van der Waals surface area contributed by atoms with Crippen molar-refractivity contribution in [3.8, 4) is 11.6 Å². The summed E-state index contributed by atoms with van der Waals surface area (Å²) in [5.41, 5.74) is 2.04. The van der Waals surface area contributed by atoms with Crippen LogP contribution in [0.1, 0.15) is 25.8 Å². The molecule has 0 aliphatic carbocycles. The maximum absolute atomic E-state index is 12.3. The molecule has 0 spiro atoms. The topological polar surface area (TPSA) is 73.0 Å². The van der Waals surface area contributed by atoms with Crippen molar-refractivity contribution < 1.29 is 9.21 Å². The first-order valence-electron chi connectivity index (χ1n) is 8.81. The number of thioether (sulfide) groups is 1. The summed E-state index contributed by atoms with van der Waals surface area (Å²) in [5, 5.41) is 12.1. The quantitative estimate of drug-likeness (QED) is 0.490. The molecule has 0 aliphatic rings. The molecule has 3 rings (SSSR count). The number of furan rings is 1. The third kappa shape index (κ3) is 5.01. The number of aromatic nitrogens is 3. The van der Waals surface area contributed by atoms with Crippen molar-refractivity contribution in [2.75, 3.05) is 11.1 Å². The largest absolute Gasteiger partial charge is 0.446 e. The second kappa shape index (κ2) is 9.23. The van der Waals surface area contributed by atoms with Crippen LogP contribution in [0.2, 0.25) is 0 Å². The lowest BCUT2D eigenvalue weighted by molar-refractivity contribution is -0.113. The van der Waals surface area contributed by atoms with Gasteiger partial charge in [0.05, 0.1) is 5.75 Å². The number of nitrogens with one attached hydrogen (secondary N) is 1. The molecule has 0 unspecified atom stereocenters. The molecular formula is C19H21BrN4O2S. The number of hydrogen-bond acceptors (Lipinski definition) is 5. The van der Waals surface area contributed by atoms with Crippen molar-refractivity contribution in [1.29, 1.82) is 0 Å². The van der Waals surface area contributed by atoms with Crippen LogP contribution in [-0.2, 0) is 17.8 Å². The number of aryl methyl sites for hydroxylation is 1. The fourth-order valence-corrected chi connectivity index (χ4v) is 3.66. The van der Waals surface area contributed by atoms with E-state index in [1.165, 1.54) is 17.3 Å². The summed E-state index contributed by atoms with van der Waals surface area (Å²) in [5.74, 6) is 1.51. The highest BCUT2D eigenvalue weighted by Gasteiger charge is 2.17. The van der Waals surface area contributed by atoms with E-state index < -0.39 is 0 Å². The van der Waals surface area contributed by atoms with Gasteiger partial charge in [-0.25, -0.2) is 0 Å². The van der Waals surface area contributed by atoms with Gasteiger partial charge in [0.1, 0.15) is 0 Å². The molecule has 2 heterocycles. The van der Waals surface area contributed by atoms with Gasteiger partial charge in [-0.2, -0.15) is 0 Å². The first-order valence-corrected chi connectivity index (χ1v) is 10.6. The highest BCUT2D eigenvalue weighted by Crippen LogP contribution is 2.27. The Morgan fingerprint density at radius 1 is 1.19 bits per heavy atom. The molecule has 8 heteroatoms. The Morgan fingerprint density at radius 3 is 2.59 bits per heavy atom. The first-order chi connectivity index (χ1) is 13.1. The van der Waals surface area contributed by atoms with E-state index in [4.69, 9.17) is 4.42 Å². The summed E-state index contributed by atoms with van der Waals surface area (Å²) in [6.07, 6.45) is 1.90. The number of anilines is 1. The minimum atomic E-state index is -0.0717. The lowest BCUT2D eigenvalue weighted by Gasteiger charge is -2.08. The van der Waals surface area contributed by atoms with E-state index >= 15 is 0 Å². The molecule has 27 heavy (non-hydrogen) atoms. The van der Waals surface area contributed by atoms with Crippen LogP contribution in [0.15, 0.2) is 50.6 Å². The van der Waals surface area contributed by atoms with Crippen molar-refractivity contribution in [2.45, 2.75) is 38.4 Å². The lowest BCUT2D eigenvalue weighted by atomic mass is 10.1. The number of amides is 1. The number of carbonyl (C=O) groups excluding carboxylic acids is 1. The second-order valence-corrected chi connectivity index (χ2v) is 7.67. The smallest absolute Gasteiger partial charge is 0.234 e. The zero-order chi connectivity index (χ0) is 19.2. The van der Waals surface area contributed by atoms with Gasteiger partial charge in [-0.15, -0.1) is 10.2 Å². The van der Waals surface area contributed by atoms with Gasteiger partial charge in [0.2, 0.25) is 11.7 Å². The Balaban J connectivity index is 1.66. The molecule has 1 amide bonds. The SMILES string of the molecule is CCCn1c(SCC(=O)Nc2ccc(CC)cc2)nnc1-c1ccc(Br)o1. The van der Waals surface area contributed by atoms with Crippen LogP contribution in [0.25, 0.3) is 11.6 Å². The zero-order valence-corrected chi connectivity index (χ0v) is 17.6. The van der Waals surface area contributed by atoms with Crippen LogP contribution >= 0.6 is 27.7 Å². The van der Waals surface area contributed by atoms with E-state index in [0.717, 1.165) is 25.1 Å². The van der Waals surface area contributed by atoms with E-state index in [1.54, 1.807) is 0 Å². The summed E-state index contributed by atoms with van der Waals surface area (Å²) in [6.45, 7) is 4.94. The molecule has 1 N–H and O–H groups in total. The number of benzene rings is 1. The molecule has 142 valence electrons. The van der Waals surface area contributed by atoms with Crippen LogP contribution in [0.3, 0.4) is 0 Å². The predicted molar refractivity (Wildman–Crippen MR) is 111 cm³/mol. The normalized spacial score (nSPS) is 10.9.